The zero-order chi connectivity index (χ0) is 11.6. The summed E-state index contributed by atoms with van der Waals surface area (Å²) in [5, 5.41) is 8.20. The topological polar surface area (TPSA) is 23.8 Å². The number of hydrogen-bond acceptors (Lipinski definition) is 1. The van der Waals surface area contributed by atoms with Crippen molar-refractivity contribution in [3.63, 3.8) is 0 Å². The maximum absolute atomic E-state index is 13.1. The van der Waals surface area contributed by atoms with Gasteiger partial charge in [-0.1, -0.05) is 0 Å². The molecular weight excluding hydrogens is 217 g/mol. The monoisotopic (exact) mass is 221 g/mol. The lowest BCUT2D eigenvalue weighted by atomic mass is 10.1. The van der Waals surface area contributed by atoms with Crippen LogP contribution in [-0.4, -0.2) is 0 Å². The van der Waals surface area contributed by atoms with E-state index in [9.17, 15) is 22.0 Å². The molecule has 0 unspecified atom stereocenters. The molecule has 80 valence electrons. The Hall–Kier alpha value is -1.64. The largest absolute Gasteiger partial charge is 0.419 e. The quantitative estimate of drug-likeness (QED) is 0.668. The van der Waals surface area contributed by atoms with E-state index in [1.54, 1.807) is 0 Å². The number of alkyl halides is 3. The van der Waals surface area contributed by atoms with Crippen LogP contribution in [0.3, 0.4) is 0 Å². The van der Waals surface area contributed by atoms with Crippen LogP contribution < -0.4 is 0 Å². The van der Waals surface area contributed by atoms with E-state index in [4.69, 9.17) is 5.26 Å². The first-order valence-electron chi connectivity index (χ1n) is 3.79. The highest BCUT2D eigenvalue weighted by Crippen LogP contribution is 2.33. The van der Waals surface area contributed by atoms with E-state index in [1.165, 1.54) is 6.07 Å². The zero-order valence-electron chi connectivity index (χ0n) is 7.20. The van der Waals surface area contributed by atoms with Gasteiger partial charge < -0.3 is 0 Å². The number of nitrogens with zero attached hydrogens (tertiary/aromatic N) is 1. The van der Waals surface area contributed by atoms with E-state index in [1.807, 2.05) is 0 Å². The van der Waals surface area contributed by atoms with Crippen LogP contribution in [0.5, 0.6) is 0 Å². The highest BCUT2D eigenvalue weighted by Gasteiger charge is 2.35. The van der Waals surface area contributed by atoms with Crippen LogP contribution in [0.25, 0.3) is 0 Å². The fourth-order valence-electron chi connectivity index (χ4n) is 1.06. The van der Waals surface area contributed by atoms with E-state index in [2.05, 4.69) is 0 Å². The lowest BCUT2D eigenvalue weighted by Crippen LogP contribution is -2.11. The molecule has 1 rings (SSSR count). The number of hydrogen-bond donors (Lipinski definition) is 0. The van der Waals surface area contributed by atoms with Gasteiger partial charge in [0.05, 0.1) is 18.1 Å². The normalized spacial score (nSPS) is 11.2. The Kier molecular flexibility index (Phi) is 2.93. The second-order valence-electron chi connectivity index (χ2n) is 2.72. The summed E-state index contributed by atoms with van der Waals surface area (Å²) >= 11 is 0. The molecule has 6 heteroatoms. The molecule has 0 aromatic heterocycles. The average Bonchev–Trinajstić information content (AvgIpc) is 2.09. The molecule has 15 heavy (non-hydrogen) atoms. The average molecular weight is 221 g/mol. The summed E-state index contributed by atoms with van der Waals surface area (Å²) in [6.45, 7) is 0. The van der Waals surface area contributed by atoms with Gasteiger partial charge >= 0.3 is 6.18 Å². The van der Waals surface area contributed by atoms with Crippen LogP contribution >= 0.6 is 0 Å². The molecule has 0 atom stereocenters. The van der Waals surface area contributed by atoms with E-state index in [0.717, 1.165) is 0 Å². The fourth-order valence-corrected chi connectivity index (χ4v) is 1.06. The zero-order valence-corrected chi connectivity index (χ0v) is 7.20. The fraction of sp³-hybridized carbons (Fsp3) is 0.222. The Morgan fingerprint density at radius 1 is 1.20 bits per heavy atom. The third-order valence-corrected chi connectivity index (χ3v) is 1.75. The van der Waals surface area contributed by atoms with E-state index < -0.39 is 35.4 Å². The van der Waals surface area contributed by atoms with Crippen molar-refractivity contribution in [2.45, 2.75) is 12.6 Å². The molecule has 0 aliphatic carbocycles. The first-order valence-corrected chi connectivity index (χ1v) is 3.79. The summed E-state index contributed by atoms with van der Waals surface area (Å²) in [7, 11) is 0. The van der Waals surface area contributed by atoms with Gasteiger partial charge in [-0.05, 0) is 12.1 Å². The molecule has 0 saturated carbocycles. The smallest absolute Gasteiger partial charge is 0.207 e. The van der Waals surface area contributed by atoms with E-state index >= 15 is 0 Å². The molecule has 0 heterocycles. The summed E-state index contributed by atoms with van der Waals surface area (Å²) in [4.78, 5) is 0. The lowest BCUT2D eigenvalue weighted by molar-refractivity contribution is -0.140. The van der Waals surface area contributed by atoms with Gasteiger partial charge in [0.15, 0.2) is 0 Å². The van der Waals surface area contributed by atoms with E-state index in [0.29, 0.717) is 12.1 Å². The standard InChI is InChI=1S/C9H4F5N/c10-7-2-1-6(9(12,13)14)8(11)5(7)3-4-15/h1-2H,3H2. The Bertz CT molecular complexity index is 416. The van der Waals surface area contributed by atoms with Gasteiger partial charge in [-0.2, -0.15) is 18.4 Å². The second kappa shape index (κ2) is 3.85. The molecule has 0 fully saturated rings. The molecule has 0 aliphatic rings. The number of nitriles is 1. The Morgan fingerprint density at radius 3 is 2.27 bits per heavy atom. The Labute approximate surface area is 81.7 Å². The van der Waals surface area contributed by atoms with Gasteiger partial charge in [0, 0.05) is 5.56 Å². The van der Waals surface area contributed by atoms with Crippen LogP contribution in [0, 0.1) is 23.0 Å². The van der Waals surface area contributed by atoms with Gasteiger partial charge in [0.2, 0.25) is 0 Å². The Morgan fingerprint density at radius 2 is 1.80 bits per heavy atom. The first kappa shape index (κ1) is 11.4. The number of rotatable bonds is 1. The first-order chi connectivity index (χ1) is 6.88. The van der Waals surface area contributed by atoms with Gasteiger partial charge in [0.1, 0.15) is 11.6 Å². The summed E-state index contributed by atoms with van der Waals surface area (Å²) in [6, 6.07) is 2.21. The van der Waals surface area contributed by atoms with Crippen LogP contribution in [0.2, 0.25) is 0 Å². The molecule has 1 nitrogen and oxygen atoms in total. The van der Waals surface area contributed by atoms with Gasteiger partial charge in [-0.25, -0.2) is 8.78 Å². The SMILES string of the molecule is N#CCc1c(F)ccc(C(F)(F)F)c1F. The Balaban J connectivity index is 3.36. The predicted molar refractivity (Wildman–Crippen MR) is 40.7 cm³/mol. The molecule has 0 N–H and O–H groups in total. The van der Waals surface area contributed by atoms with Crippen molar-refractivity contribution >= 4 is 0 Å². The number of halogens is 5. The summed E-state index contributed by atoms with van der Waals surface area (Å²) in [6.07, 6.45) is -5.62. The van der Waals surface area contributed by atoms with Crippen molar-refractivity contribution in [3.8, 4) is 6.07 Å². The molecule has 0 aliphatic heterocycles. The van der Waals surface area contributed by atoms with Crippen molar-refractivity contribution in [2.75, 3.05) is 0 Å². The minimum atomic E-state index is -4.89. The van der Waals surface area contributed by atoms with Crippen molar-refractivity contribution in [1.29, 1.82) is 5.26 Å². The van der Waals surface area contributed by atoms with Gasteiger partial charge in [-0.3, -0.25) is 0 Å². The summed E-state index contributed by atoms with van der Waals surface area (Å²) in [5.74, 6) is -2.87. The van der Waals surface area contributed by atoms with Crippen molar-refractivity contribution in [2.24, 2.45) is 0 Å². The van der Waals surface area contributed by atoms with E-state index in [-0.39, 0.29) is 0 Å². The molecule has 0 saturated heterocycles. The van der Waals surface area contributed by atoms with Crippen molar-refractivity contribution in [3.05, 3.63) is 34.9 Å². The maximum atomic E-state index is 13.1. The molecule has 0 bridgehead atoms. The molecule has 1 aromatic rings. The van der Waals surface area contributed by atoms with Gasteiger partial charge in [-0.15, -0.1) is 0 Å². The van der Waals surface area contributed by atoms with Crippen LogP contribution in [0.1, 0.15) is 11.1 Å². The second-order valence-corrected chi connectivity index (χ2v) is 2.72. The predicted octanol–water partition coefficient (Wildman–Crippen LogP) is 3.05. The minimum absolute atomic E-state index is 0.311. The third kappa shape index (κ3) is 2.24. The van der Waals surface area contributed by atoms with Gasteiger partial charge in [0.25, 0.3) is 0 Å². The molecule has 0 radical (unpaired) electrons. The third-order valence-electron chi connectivity index (χ3n) is 1.75. The molecule has 0 spiro atoms. The van der Waals surface area contributed by atoms with Crippen LogP contribution in [0.4, 0.5) is 22.0 Å². The molecular formula is C9H4F5N. The summed E-state index contributed by atoms with van der Waals surface area (Å²) < 4.78 is 62.4. The lowest BCUT2D eigenvalue weighted by Gasteiger charge is -2.10. The number of benzene rings is 1. The van der Waals surface area contributed by atoms with Crippen LogP contribution in [0.15, 0.2) is 12.1 Å². The van der Waals surface area contributed by atoms with Crippen molar-refractivity contribution in [1.82, 2.24) is 0 Å². The highest BCUT2D eigenvalue weighted by molar-refractivity contribution is 5.31. The van der Waals surface area contributed by atoms with Crippen molar-refractivity contribution < 1.29 is 22.0 Å². The van der Waals surface area contributed by atoms with Crippen LogP contribution in [-0.2, 0) is 12.6 Å². The minimum Gasteiger partial charge on any atom is -0.207 e. The molecule has 1 aromatic carbocycles. The molecule has 0 amide bonds. The summed E-state index contributed by atoms with van der Waals surface area (Å²) in [5.41, 5.74) is -2.42. The highest BCUT2D eigenvalue weighted by atomic mass is 19.4. The maximum Gasteiger partial charge on any atom is 0.419 e.